The zero-order valence-electron chi connectivity index (χ0n) is 12.6. The molecule has 1 aromatic heterocycles. The average Bonchev–Trinajstić information content (AvgIpc) is 2.70. The topological polar surface area (TPSA) is 47.3 Å². The lowest BCUT2D eigenvalue weighted by molar-refractivity contribution is 0.239. The maximum atomic E-state index is 5.79. The van der Waals surface area contributed by atoms with Crippen LogP contribution in [0.3, 0.4) is 0 Å². The second-order valence-electron chi connectivity index (χ2n) is 5.13. The first-order valence-electron chi connectivity index (χ1n) is 6.94. The molecular weight excluding hydrogens is 252 g/mol. The molecule has 0 saturated heterocycles. The van der Waals surface area contributed by atoms with Crippen LogP contribution in [-0.4, -0.2) is 11.1 Å². The number of para-hydroxylation sites is 1. The van der Waals surface area contributed by atoms with Gasteiger partial charge in [0.25, 0.3) is 0 Å². The quantitative estimate of drug-likeness (QED) is 0.877. The molecule has 1 N–H and O–H groups in total. The van der Waals surface area contributed by atoms with Crippen LogP contribution in [-0.2, 0) is 13.1 Å². The molecule has 0 unspecified atom stereocenters. The number of nitrogens with one attached hydrogen (secondary N) is 1. The fourth-order valence-corrected chi connectivity index (χ4v) is 1.94. The normalized spacial score (nSPS) is 11.1. The summed E-state index contributed by atoms with van der Waals surface area (Å²) in [5.74, 6) is 2.53. The summed E-state index contributed by atoms with van der Waals surface area (Å²) < 4.78 is 11.3. The smallest absolute Gasteiger partial charge is 0.208 e. The molecule has 1 aromatic carbocycles. The molecule has 2 aromatic rings. The summed E-state index contributed by atoms with van der Waals surface area (Å²) >= 11 is 0. The van der Waals surface area contributed by atoms with Gasteiger partial charge in [0.15, 0.2) is 0 Å². The van der Waals surface area contributed by atoms with Crippen LogP contribution >= 0.6 is 0 Å². The first-order valence-corrected chi connectivity index (χ1v) is 6.94. The summed E-state index contributed by atoms with van der Waals surface area (Å²) in [6, 6.07) is 8.07. The summed E-state index contributed by atoms with van der Waals surface area (Å²) in [6.07, 6.45) is 0.174. The molecule has 4 heteroatoms. The van der Waals surface area contributed by atoms with Gasteiger partial charge in [-0.15, -0.1) is 0 Å². The number of oxazole rings is 1. The molecule has 0 aliphatic heterocycles. The number of rotatable bonds is 6. The minimum atomic E-state index is 0.174. The Kier molecular flexibility index (Phi) is 4.79. The van der Waals surface area contributed by atoms with Crippen molar-refractivity contribution in [3.63, 3.8) is 0 Å². The van der Waals surface area contributed by atoms with Gasteiger partial charge in [-0.2, -0.15) is 0 Å². The maximum Gasteiger partial charge on any atom is 0.208 e. The van der Waals surface area contributed by atoms with Crippen molar-refractivity contribution in [1.29, 1.82) is 0 Å². The van der Waals surface area contributed by atoms with E-state index in [1.54, 1.807) is 0 Å². The lowest BCUT2D eigenvalue weighted by atomic mass is 10.2. The molecule has 0 amide bonds. The van der Waals surface area contributed by atoms with Gasteiger partial charge >= 0.3 is 0 Å². The molecule has 0 atom stereocenters. The van der Waals surface area contributed by atoms with Crippen molar-refractivity contribution < 1.29 is 9.15 Å². The largest absolute Gasteiger partial charge is 0.491 e. The van der Waals surface area contributed by atoms with Crippen molar-refractivity contribution in [2.24, 2.45) is 0 Å². The SMILES string of the molecule is Cc1nc(CNCc2ccccc2OC(C)C)oc1C. The van der Waals surface area contributed by atoms with Crippen LogP contribution < -0.4 is 10.1 Å². The summed E-state index contributed by atoms with van der Waals surface area (Å²) in [4.78, 5) is 4.35. The molecule has 0 radical (unpaired) electrons. The molecule has 0 bridgehead atoms. The number of hydrogen-bond donors (Lipinski definition) is 1. The van der Waals surface area contributed by atoms with Gasteiger partial charge in [-0.05, 0) is 33.8 Å². The molecule has 0 fully saturated rings. The molecule has 0 aliphatic rings. The van der Waals surface area contributed by atoms with Crippen LogP contribution in [0, 0.1) is 13.8 Å². The van der Waals surface area contributed by atoms with E-state index in [2.05, 4.69) is 16.4 Å². The average molecular weight is 274 g/mol. The molecule has 1 heterocycles. The molecule has 0 aliphatic carbocycles. The Hall–Kier alpha value is -1.81. The molecule has 20 heavy (non-hydrogen) atoms. The molecule has 0 saturated carbocycles. The molecule has 0 spiro atoms. The zero-order valence-corrected chi connectivity index (χ0v) is 12.6. The molecule has 108 valence electrons. The fraction of sp³-hybridized carbons (Fsp3) is 0.438. The van der Waals surface area contributed by atoms with Gasteiger partial charge in [0, 0.05) is 12.1 Å². The summed E-state index contributed by atoms with van der Waals surface area (Å²) in [5, 5.41) is 3.34. The van der Waals surface area contributed by atoms with E-state index in [-0.39, 0.29) is 6.10 Å². The molecule has 4 nitrogen and oxygen atoms in total. The number of ether oxygens (including phenoxy) is 1. The molecule has 2 rings (SSSR count). The van der Waals surface area contributed by atoms with Crippen molar-refractivity contribution in [2.75, 3.05) is 0 Å². The Morgan fingerprint density at radius 1 is 1.20 bits per heavy atom. The molecular formula is C16H22N2O2. The summed E-state index contributed by atoms with van der Waals surface area (Å²) in [6.45, 7) is 9.28. The highest BCUT2D eigenvalue weighted by Gasteiger charge is 2.07. The third-order valence-electron chi connectivity index (χ3n) is 3.00. The second kappa shape index (κ2) is 6.57. The third kappa shape index (κ3) is 3.84. The van der Waals surface area contributed by atoms with Crippen molar-refractivity contribution >= 4 is 0 Å². The first-order chi connectivity index (χ1) is 9.56. The van der Waals surface area contributed by atoms with Gasteiger partial charge in [-0.1, -0.05) is 18.2 Å². The van der Waals surface area contributed by atoms with E-state index in [0.717, 1.165) is 35.2 Å². The first kappa shape index (κ1) is 14.6. The van der Waals surface area contributed by atoms with Crippen LogP contribution in [0.25, 0.3) is 0 Å². The lowest BCUT2D eigenvalue weighted by Gasteiger charge is -2.14. The van der Waals surface area contributed by atoms with Crippen LogP contribution in [0.1, 0.15) is 36.8 Å². The second-order valence-corrected chi connectivity index (χ2v) is 5.13. The standard InChI is InChI=1S/C16H22N2O2/c1-11(2)19-15-8-6-5-7-14(15)9-17-10-16-18-12(3)13(4)20-16/h5-8,11,17H,9-10H2,1-4H3. The fourth-order valence-electron chi connectivity index (χ4n) is 1.94. The van der Waals surface area contributed by atoms with Gasteiger partial charge < -0.3 is 14.5 Å². The lowest BCUT2D eigenvalue weighted by Crippen LogP contribution is -2.15. The maximum absolute atomic E-state index is 5.79. The van der Waals surface area contributed by atoms with E-state index in [0.29, 0.717) is 6.54 Å². The van der Waals surface area contributed by atoms with E-state index in [1.165, 1.54) is 0 Å². The number of benzene rings is 1. The van der Waals surface area contributed by atoms with Crippen molar-refractivity contribution in [3.8, 4) is 5.75 Å². The van der Waals surface area contributed by atoms with Gasteiger partial charge in [0.2, 0.25) is 5.89 Å². The summed E-state index contributed by atoms with van der Waals surface area (Å²) in [5.41, 5.74) is 2.09. The number of aromatic nitrogens is 1. The Bertz CT molecular complexity index is 542. The van der Waals surface area contributed by atoms with Gasteiger partial charge in [0.05, 0.1) is 18.3 Å². The Labute approximate surface area is 120 Å². The van der Waals surface area contributed by atoms with Crippen molar-refractivity contribution in [2.45, 2.75) is 46.9 Å². The van der Waals surface area contributed by atoms with Crippen molar-refractivity contribution in [1.82, 2.24) is 10.3 Å². The van der Waals surface area contributed by atoms with Crippen LogP contribution in [0.4, 0.5) is 0 Å². The minimum Gasteiger partial charge on any atom is -0.491 e. The highest BCUT2D eigenvalue weighted by molar-refractivity contribution is 5.33. The highest BCUT2D eigenvalue weighted by Crippen LogP contribution is 2.19. The van der Waals surface area contributed by atoms with Gasteiger partial charge in [-0.3, -0.25) is 0 Å². The predicted molar refractivity (Wildman–Crippen MR) is 78.7 cm³/mol. The Balaban J connectivity index is 1.93. The van der Waals surface area contributed by atoms with E-state index in [4.69, 9.17) is 9.15 Å². The Morgan fingerprint density at radius 2 is 1.95 bits per heavy atom. The van der Waals surface area contributed by atoms with Crippen molar-refractivity contribution in [3.05, 3.63) is 47.2 Å². The third-order valence-corrected chi connectivity index (χ3v) is 3.00. The van der Waals surface area contributed by atoms with Crippen LogP contribution in [0.2, 0.25) is 0 Å². The monoisotopic (exact) mass is 274 g/mol. The van der Waals surface area contributed by atoms with E-state index in [1.807, 2.05) is 45.9 Å². The minimum absolute atomic E-state index is 0.174. The van der Waals surface area contributed by atoms with E-state index in [9.17, 15) is 0 Å². The van der Waals surface area contributed by atoms with Gasteiger partial charge in [0.1, 0.15) is 11.5 Å². The van der Waals surface area contributed by atoms with E-state index < -0.39 is 0 Å². The van der Waals surface area contributed by atoms with E-state index >= 15 is 0 Å². The Morgan fingerprint density at radius 3 is 2.60 bits per heavy atom. The van der Waals surface area contributed by atoms with Crippen LogP contribution in [0.5, 0.6) is 5.75 Å². The predicted octanol–water partition coefficient (Wildman–Crippen LogP) is 3.37. The summed E-state index contributed by atoms with van der Waals surface area (Å²) in [7, 11) is 0. The zero-order chi connectivity index (χ0) is 14.5. The van der Waals surface area contributed by atoms with Gasteiger partial charge in [-0.25, -0.2) is 4.98 Å². The number of aryl methyl sites for hydroxylation is 2. The number of hydrogen-bond acceptors (Lipinski definition) is 4. The number of nitrogens with zero attached hydrogens (tertiary/aromatic N) is 1. The highest BCUT2D eigenvalue weighted by atomic mass is 16.5. The van der Waals surface area contributed by atoms with Crippen LogP contribution in [0.15, 0.2) is 28.7 Å².